The lowest BCUT2D eigenvalue weighted by Gasteiger charge is -2.39. The molecule has 0 fully saturated rings. The van der Waals surface area contributed by atoms with Gasteiger partial charge in [-0.2, -0.15) is 9.97 Å². The van der Waals surface area contributed by atoms with E-state index < -0.39 is 16.6 Å². The highest BCUT2D eigenvalue weighted by Crippen LogP contribution is 2.38. The summed E-state index contributed by atoms with van der Waals surface area (Å²) in [6, 6.07) is 6.09. The van der Waals surface area contributed by atoms with E-state index >= 15 is 0 Å². The van der Waals surface area contributed by atoms with Crippen LogP contribution in [0.3, 0.4) is 0 Å². The lowest BCUT2D eigenvalue weighted by Crippen LogP contribution is -2.45. The Hall–Kier alpha value is -1.88. The van der Waals surface area contributed by atoms with Crippen LogP contribution >= 0.6 is 0 Å². The van der Waals surface area contributed by atoms with Crippen molar-refractivity contribution in [1.82, 2.24) is 9.97 Å². The zero-order chi connectivity index (χ0) is 29.1. The van der Waals surface area contributed by atoms with Gasteiger partial charge in [0.15, 0.2) is 16.6 Å². The maximum absolute atomic E-state index is 11.5. The molecule has 0 spiro atoms. The minimum Gasteiger partial charge on any atom is -0.463 e. The van der Waals surface area contributed by atoms with E-state index in [1.54, 1.807) is 0 Å². The summed E-state index contributed by atoms with van der Waals surface area (Å²) < 4.78 is 19.3. The summed E-state index contributed by atoms with van der Waals surface area (Å²) in [6.45, 7) is 30.1. The minimum atomic E-state index is -1.92. The van der Waals surface area contributed by atoms with Crippen LogP contribution in [0, 0.1) is 26.7 Å². The highest BCUT2D eigenvalue weighted by Gasteiger charge is 2.39. The van der Waals surface area contributed by atoms with Gasteiger partial charge in [0.05, 0.1) is 18.0 Å². The zero-order valence-corrected chi connectivity index (χ0v) is 28.0. The highest BCUT2D eigenvalue weighted by molar-refractivity contribution is 6.74. The predicted octanol–water partition coefficient (Wildman–Crippen LogP) is 7.92. The first kappa shape index (κ1) is 32.3. The highest BCUT2D eigenvalue weighted by atomic mass is 28.4. The van der Waals surface area contributed by atoms with Gasteiger partial charge in [-0.05, 0) is 68.2 Å². The number of aldehydes is 1. The topological polar surface area (TPSA) is 70.5 Å². The number of nitrogens with zero attached hydrogens (tertiary/aromatic N) is 2. The SMILES string of the molecule is Cc1nc(OCC(CO[Si](C)(C)C(C)(C)C)CO[Si](C)(C)C(C)(C)C)nc(C)c1-c1cccc(C=O)c1C. The number of hydrogen-bond donors (Lipinski definition) is 0. The first-order valence-corrected chi connectivity index (χ1v) is 19.4. The van der Waals surface area contributed by atoms with Gasteiger partial charge >= 0.3 is 6.01 Å². The van der Waals surface area contributed by atoms with Gasteiger partial charge in [-0.25, -0.2) is 0 Å². The molecule has 38 heavy (non-hydrogen) atoms. The summed E-state index contributed by atoms with van der Waals surface area (Å²) in [5, 5.41) is 0.260. The third kappa shape index (κ3) is 7.84. The van der Waals surface area contributed by atoms with Crippen LogP contribution in [0.15, 0.2) is 18.2 Å². The van der Waals surface area contributed by atoms with Gasteiger partial charge in [0.25, 0.3) is 0 Å². The summed E-state index contributed by atoms with van der Waals surface area (Å²) in [4.78, 5) is 20.8. The third-order valence-electron chi connectivity index (χ3n) is 8.44. The van der Waals surface area contributed by atoms with Crippen molar-refractivity contribution in [2.45, 2.75) is 98.6 Å². The average molecular weight is 559 g/mol. The molecule has 1 aromatic carbocycles. The summed E-state index contributed by atoms with van der Waals surface area (Å²) in [5.74, 6) is 0.0636. The molecule has 0 atom stereocenters. The first-order valence-electron chi connectivity index (χ1n) is 13.6. The van der Waals surface area contributed by atoms with Crippen LogP contribution in [0.5, 0.6) is 6.01 Å². The monoisotopic (exact) mass is 558 g/mol. The van der Waals surface area contributed by atoms with E-state index in [1.807, 2.05) is 39.0 Å². The van der Waals surface area contributed by atoms with Gasteiger partial charge in [-0.3, -0.25) is 4.79 Å². The number of carbonyl (C=O) groups is 1. The molecule has 0 saturated heterocycles. The van der Waals surface area contributed by atoms with Crippen LogP contribution < -0.4 is 4.74 Å². The predicted molar refractivity (Wildman–Crippen MR) is 162 cm³/mol. The molecule has 2 rings (SSSR count). The second-order valence-electron chi connectivity index (χ2n) is 13.5. The molecular weight excluding hydrogens is 509 g/mol. The number of benzene rings is 1. The van der Waals surface area contributed by atoms with Crippen molar-refractivity contribution in [3.05, 3.63) is 40.7 Å². The molecule has 2 aromatic rings. The van der Waals surface area contributed by atoms with E-state index in [4.69, 9.17) is 13.6 Å². The fourth-order valence-electron chi connectivity index (χ4n) is 3.61. The molecule has 0 saturated carbocycles. The number of aromatic nitrogens is 2. The van der Waals surface area contributed by atoms with Gasteiger partial charge in [0.1, 0.15) is 6.29 Å². The summed E-state index contributed by atoms with van der Waals surface area (Å²) in [6.07, 6.45) is 0.889. The Morgan fingerprint density at radius 2 is 1.29 bits per heavy atom. The molecule has 0 bridgehead atoms. The van der Waals surface area contributed by atoms with Gasteiger partial charge < -0.3 is 13.6 Å². The van der Waals surface area contributed by atoms with Crippen molar-refractivity contribution in [2.24, 2.45) is 5.92 Å². The molecule has 1 aromatic heterocycles. The molecule has 0 unspecified atom stereocenters. The maximum atomic E-state index is 11.5. The Kier molecular flexibility index (Phi) is 10.3. The van der Waals surface area contributed by atoms with E-state index in [2.05, 4.69) is 77.7 Å². The van der Waals surface area contributed by atoms with E-state index in [9.17, 15) is 4.79 Å². The molecule has 8 heteroatoms. The van der Waals surface area contributed by atoms with Gasteiger partial charge in [-0.1, -0.05) is 59.7 Å². The summed E-state index contributed by atoms with van der Waals surface area (Å²) >= 11 is 0. The third-order valence-corrected chi connectivity index (χ3v) is 17.4. The maximum Gasteiger partial charge on any atom is 0.316 e. The largest absolute Gasteiger partial charge is 0.463 e. The number of rotatable bonds is 11. The minimum absolute atomic E-state index is 0.0636. The molecule has 0 aliphatic carbocycles. The number of carbonyl (C=O) groups excluding carboxylic acids is 1. The second kappa shape index (κ2) is 12.1. The molecule has 0 amide bonds. The number of ether oxygens (including phenoxy) is 1. The van der Waals surface area contributed by atoms with Crippen molar-refractivity contribution in [3.8, 4) is 17.1 Å². The Morgan fingerprint density at radius 1 is 0.816 bits per heavy atom. The van der Waals surface area contributed by atoms with Crippen molar-refractivity contribution in [2.75, 3.05) is 19.8 Å². The van der Waals surface area contributed by atoms with Crippen LogP contribution in [0.25, 0.3) is 11.1 Å². The van der Waals surface area contributed by atoms with Gasteiger partial charge in [-0.15, -0.1) is 0 Å². The van der Waals surface area contributed by atoms with Gasteiger partial charge in [0.2, 0.25) is 0 Å². The standard InChI is InChI=1S/C30H50N2O4Si2/c1-21-25(17-33)15-14-16-26(21)27-22(2)31-28(32-23(27)3)34-18-24(19-35-37(10,11)29(4,5)6)20-36-38(12,13)30(7,8)9/h14-17,24H,18-20H2,1-13H3. The molecule has 0 aliphatic heterocycles. The molecule has 0 radical (unpaired) electrons. The second-order valence-corrected chi connectivity index (χ2v) is 23.1. The fraction of sp³-hybridized carbons (Fsp3) is 0.633. The van der Waals surface area contributed by atoms with Crippen molar-refractivity contribution in [1.29, 1.82) is 0 Å². The normalized spacial score (nSPS) is 13.2. The first-order chi connectivity index (χ1) is 17.3. The Balaban J connectivity index is 2.26. The molecule has 6 nitrogen and oxygen atoms in total. The van der Waals surface area contributed by atoms with Gasteiger partial charge in [0, 0.05) is 30.3 Å². The Morgan fingerprint density at radius 3 is 1.71 bits per heavy atom. The quantitative estimate of drug-likeness (QED) is 0.206. The van der Waals surface area contributed by atoms with Crippen LogP contribution in [0.1, 0.15) is 68.9 Å². The summed E-state index contributed by atoms with van der Waals surface area (Å²) in [7, 11) is -3.84. The number of hydrogen-bond acceptors (Lipinski definition) is 6. The molecule has 0 aliphatic rings. The molecule has 0 N–H and O–H groups in total. The Bertz CT molecular complexity index is 1070. The van der Waals surface area contributed by atoms with Crippen LogP contribution in [0.2, 0.25) is 36.3 Å². The van der Waals surface area contributed by atoms with Crippen LogP contribution in [-0.2, 0) is 8.85 Å². The van der Waals surface area contributed by atoms with Crippen molar-refractivity contribution in [3.63, 3.8) is 0 Å². The van der Waals surface area contributed by atoms with Crippen molar-refractivity contribution < 1.29 is 18.4 Å². The number of aryl methyl sites for hydroxylation is 2. The van der Waals surface area contributed by atoms with E-state index in [-0.39, 0.29) is 16.0 Å². The van der Waals surface area contributed by atoms with E-state index in [0.717, 1.165) is 34.4 Å². The van der Waals surface area contributed by atoms with E-state index in [1.165, 1.54) is 0 Å². The summed E-state index contributed by atoms with van der Waals surface area (Å²) in [5.41, 5.74) is 5.16. The average Bonchev–Trinajstić information content (AvgIpc) is 2.77. The zero-order valence-electron chi connectivity index (χ0n) is 26.0. The van der Waals surface area contributed by atoms with Crippen LogP contribution in [0.4, 0.5) is 0 Å². The lowest BCUT2D eigenvalue weighted by molar-refractivity contribution is 0.109. The Labute approximate surface area is 233 Å². The fourth-order valence-corrected chi connectivity index (χ4v) is 5.78. The van der Waals surface area contributed by atoms with Crippen molar-refractivity contribution >= 4 is 22.9 Å². The molecular formula is C30H50N2O4Si2. The molecule has 1 heterocycles. The van der Waals surface area contributed by atoms with E-state index in [0.29, 0.717) is 31.4 Å². The molecule has 212 valence electrons. The smallest absolute Gasteiger partial charge is 0.316 e. The van der Waals surface area contributed by atoms with Crippen LogP contribution in [-0.4, -0.2) is 52.7 Å². The lowest BCUT2D eigenvalue weighted by atomic mass is 9.95.